The molecule has 0 bridgehead atoms. The molecular weight excluding hydrogens is 320 g/mol. The predicted octanol–water partition coefficient (Wildman–Crippen LogP) is 3.15. The van der Waals surface area contributed by atoms with Crippen molar-refractivity contribution in [2.75, 3.05) is 5.32 Å². The third-order valence-corrected chi connectivity index (χ3v) is 4.02. The Hall–Kier alpha value is -2.74. The Kier molecular flexibility index (Phi) is 5.07. The molecule has 120 valence electrons. The summed E-state index contributed by atoms with van der Waals surface area (Å²) in [4.78, 5) is 34.6. The van der Waals surface area contributed by atoms with E-state index in [4.69, 9.17) is 4.74 Å². The van der Waals surface area contributed by atoms with E-state index in [0.717, 1.165) is 5.56 Å². The summed E-state index contributed by atoms with van der Waals surface area (Å²) in [6.45, 7) is 3.22. The maximum absolute atomic E-state index is 12.0. The number of amides is 1. The van der Waals surface area contributed by atoms with Gasteiger partial charge in [-0.15, -0.1) is 11.3 Å². The summed E-state index contributed by atoms with van der Waals surface area (Å²) in [6.07, 6.45) is -1.02. The van der Waals surface area contributed by atoms with Gasteiger partial charge in [-0.1, -0.05) is 6.07 Å². The second-order valence-electron chi connectivity index (χ2n) is 4.78. The van der Waals surface area contributed by atoms with Gasteiger partial charge in [0.05, 0.1) is 4.92 Å². The molecule has 7 nitrogen and oxygen atoms in total. The smallest absolute Gasteiger partial charge is 0.349 e. The van der Waals surface area contributed by atoms with E-state index in [1.165, 1.54) is 42.5 Å². The molecule has 0 saturated heterocycles. The first kappa shape index (κ1) is 16.6. The number of hydrogen-bond acceptors (Lipinski definition) is 6. The van der Waals surface area contributed by atoms with Crippen molar-refractivity contribution >= 4 is 34.6 Å². The van der Waals surface area contributed by atoms with Crippen molar-refractivity contribution in [3.63, 3.8) is 0 Å². The van der Waals surface area contributed by atoms with Crippen molar-refractivity contribution in [3.8, 4) is 0 Å². The minimum atomic E-state index is -1.02. The number of rotatable bonds is 5. The molecule has 1 aromatic heterocycles. The lowest BCUT2D eigenvalue weighted by molar-refractivity contribution is -0.384. The van der Waals surface area contributed by atoms with E-state index in [-0.39, 0.29) is 11.4 Å². The van der Waals surface area contributed by atoms with Crippen LogP contribution in [0.5, 0.6) is 0 Å². The Morgan fingerprint density at radius 1 is 1.35 bits per heavy atom. The maximum Gasteiger partial charge on any atom is 0.349 e. The molecule has 8 heteroatoms. The molecule has 23 heavy (non-hydrogen) atoms. The number of esters is 1. The number of nitro groups is 1. The Bertz CT molecular complexity index is 756. The van der Waals surface area contributed by atoms with E-state index in [0.29, 0.717) is 4.88 Å². The Balaban J connectivity index is 2.00. The van der Waals surface area contributed by atoms with Crippen molar-refractivity contribution in [2.45, 2.75) is 20.0 Å². The summed E-state index contributed by atoms with van der Waals surface area (Å²) in [7, 11) is 0. The average molecular weight is 334 g/mol. The lowest BCUT2D eigenvalue weighted by atomic mass is 10.2. The SMILES string of the molecule is Cc1ccsc1C(=O)OC(C)C(=O)Nc1cccc([N+](=O)[O-])c1. The number of anilines is 1. The van der Waals surface area contributed by atoms with Crippen LogP contribution in [-0.2, 0) is 9.53 Å². The number of nitrogens with zero attached hydrogens (tertiary/aromatic N) is 1. The fraction of sp³-hybridized carbons (Fsp3) is 0.200. The minimum absolute atomic E-state index is 0.137. The van der Waals surface area contributed by atoms with E-state index >= 15 is 0 Å². The number of benzene rings is 1. The summed E-state index contributed by atoms with van der Waals surface area (Å²) in [5.41, 5.74) is 0.910. The lowest BCUT2D eigenvalue weighted by Crippen LogP contribution is -2.29. The lowest BCUT2D eigenvalue weighted by Gasteiger charge is -2.13. The van der Waals surface area contributed by atoms with Crippen LogP contribution in [0, 0.1) is 17.0 Å². The summed E-state index contributed by atoms with van der Waals surface area (Å²) in [6, 6.07) is 7.31. The van der Waals surface area contributed by atoms with Gasteiger partial charge in [-0.2, -0.15) is 0 Å². The topological polar surface area (TPSA) is 98.5 Å². The van der Waals surface area contributed by atoms with E-state index in [9.17, 15) is 19.7 Å². The highest BCUT2D eigenvalue weighted by Crippen LogP contribution is 2.19. The first-order chi connectivity index (χ1) is 10.9. The van der Waals surface area contributed by atoms with Crippen LogP contribution in [0.3, 0.4) is 0 Å². The number of nitro benzene ring substituents is 1. The van der Waals surface area contributed by atoms with E-state index < -0.39 is 22.9 Å². The zero-order chi connectivity index (χ0) is 17.0. The molecule has 0 saturated carbocycles. The molecule has 1 N–H and O–H groups in total. The number of carbonyl (C=O) groups is 2. The third-order valence-electron chi connectivity index (χ3n) is 3.03. The highest BCUT2D eigenvalue weighted by atomic mass is 32.1. The largest absolute Gasteiger partial charge is 0.448 e. The van der Waals surface area contributed by atoms with Crippen LogP contribution in [0.4, 0.5) is 11.4 Å². The molecule has 0 aliphatic heterocycles. The first-order valence-corrected chi connectivity index (χ1v) is 7.57. The maximum atomic E-state index is 12.0. The normalized spacial score (nSPS) is 11.6. The average Bonchev–Trinajstić information content (AvgIpc) is 2.93. The van der Waals surface area contributed by atoms with Gasteiger partial charge in [0.25, 0.3) is 11.6 Å². The van der Waals surface area contributed by atoms with Crippen molar-refractivity contribution in [2.24, 2.45) is 0 Å². The third kappa shape index (κ3) is 4.13. The zero-order valence-corrected chi connectivity index (χ0v) is 13.3. The monoisotopic (exact) mass is 334 g/mol. The molecule has 0 aliphatic carbocycles. The van der Waals surface area contributed by atoms with Gasteiger partial charge in [0.15, 0.2) is 6.10 Å². The molecule has 1 heterocycles. The van der Waals surface area contributed by atoms with Crippen LogP contribution in [-0.4, -0.2) is 22.9 Å². The molecule has 2 aromatic rings. The van der Waals surface area contributed by atoms with E-state index in [2.05, 4.69) is 5.32 Å². The fourth-order valence-electron chi connectivity index (χ4n) is 1.79. The minimum Gasteiger partial charge on any atom is -0.448 e. The summed E-state index contributed by atoms with van der Waals surface area (Å²) in [5.74, 6) is -1.13. The molecule has 1 aromatic carbocycles. The highest BCUT2D eigenvalue weighted by Gasteiger charge is 2.21. The Morgan fingerprint density at radius 3 is 2.70 bits per heavy atom. The van der Waals surface area contributed by atoms with Crippen LogP contribution in [0.15, 0.2) is 35.7 Å². The number of hydrogen-bond donors (Lipinski definition) is 1. The number of thiophene rings is 1. The second-order valence-corrected chi connectivity index (χ2v) is 5.69. The standard InChI is InChI=1S/C15H14N2O5S/c1-9-6-7-23-13(9)15(19)22-10(2)14(18)16-11-4-3-5-12(8-11)17(20)21/h3-8,10H,1-2H3,(H,16,18). The van der Waals surface area contributed by atoms with Crippen LogP contribution in [0.25, 0.3) is 0 Å². The van der Waals surface area contributed by atoms with Gasteiger partial charge in [0.1, 0.15) is 4.88 Å². The van der Waals surface area contributed by atoms with Crippen molar-refractivity contribution in [1.29, 1.82) is 0 Å². The first-order valence-electron chi connectivity index (χ1n) is 6.69. The molecule has 0 fully saturated rings. The molecule has 1 amide bonds. The predicted molar refractivity (Wildman–Crippen MR) is 85.7 cm³/mol. The number of nitrogens with one attached hydrogen (secondary N) is 1. The number of non-ortho nitro benzene ring substituents is 1. The van der Waals surface area contributed by atoms with Gasteiger partial charge < -0.3 is 10.1 Å². The molecule has 0 radical (unpaired) electrons. The number of ether oxygens (including phenoxy) is 1. The second kappa shape index (κ2) is 7.01. The Labute approximate surface area is 136 Å². The number of aryl methyl sites for hydroxylation is 1. The molecule has 1 unspecified atom stereocenters. The van der Waals surface area contributed by atoms with Gasteiger partial charge in [-0.05, 0) is 36.9 Å². The van der Waals surface area contributed by atoms with Crippen LogP contribution in [0.1, 0.15) is 22.2 Å². The van der Waals surface area contributed by atoms with Crippen LogP contribution in [0.2, 0.25) is 0 Å². The van der Waals surface area contributed by atoms with Crippen molar-refractivity contribution in [1.82, 2.24) is 0 Å². The van der Waals surface area contributed by atoms with E-state index in [1.807, 2.05) is 0 Å². The van der Waals surface area contributed by atoms with E-state index in [1.54, 1.807) is 18.4 Å². The zero-order valence-electron chi connectivity index (χ0n) is 12.4. The fourth-order valence-corrected chi connectivity index (χ4v) is 2.60. The summed E-state index contributed by atoms with van der Waals surface area (Å²) < 4.78 is 5.11. The molecule has 0 spiro atoms. The van der Waals surface area contributed by atoms with Gasteiger partial charge in [-0.3, -0.25) is 14.9 Å². The molecular formula is C15H14N2O5S. The van der Waals surface area contributed by atoms with Crippen LogP contribution < -0.4 is 5.32 Å². The van der Waals surface area contributed by atoms with Gasteiger partial charge in [0, 0.05) is 17.8 Å². The van der Waals surface area contributed by atoms with Crippen LogP contribution >= 0.6 is 11.3 Å². The number of carbonyl (C=O) groups excluding carboxylic acids is 2. The van der Waals surface area contributed by atoms with Crippen molar-refractivity contribution in [3.05, 3.63) is 56.3 Å². The van der Waals surface area contributed by atoms with Gasteiger partial charge in [0.2, 0.25) is 0 Å². The van der Waals surface area contributed by atoms with Gasteiger partial charge >= 0.3 is 5.97 Å². The molecule has 0 aliphatic rings. The quantitative estimate of drug-likeness (QED) is 0.514. The molecule has 1 atom stereocenters. The summed E-state index contributed by atoms with van der Waals surface area (Å²) >= 11 is 1.24. The summed E-state index contributed by atoms with van der Waals surface area (Å²) in [5, 5.41) is 15.0. The molecule has 2 rings (SSSR count). The Morgan fingerprint density at radius 2 is 2.09 bits per heavy atom. The van der Waals surface area contributed by atoms with Crippen molar-refractivity contribution < 1.29 is 19.2 Å². The van der Waals surface area contributed by atoms with Gasteiger partial charge in [-0.25, -0.2) is 4.79 Å². The highest BCUT2D eigenvalue weighted by molar-refractivity contribution is 7.12.